The molecule has 4 rings (SSSR count). The van der Waals surface area contributed by atoms with Gasteiger partial charge in [0.05, 0.1) is 24.1 Å². The van der Waals surface area contributed by atoms with Crippen LogP contribution in [0.3, 0.4) is 0 Å². The number of aromatic nitrogens is 3. The van der Waals surface area contributed by atoms with Gasteiger partial charge in [-0.2, -0.15) is 17.8 Å². The lowest BCUT2D eigenvalue weighted by molar-refractivity contribution is -0.0252. The molecule has 1 saturated heterocycles. The number of fused-ring (bicyclic) bond motifs is 1. The summed E-state index contributed by atoms with van der Waals surface area (Å²) < 4.78 is 42.8. The Morgan fingerprint density at radius 3 is 2.74 bits per heavy atom. The molecule has 0 bridgehead atoms. The van der Waals surface area contributed by atoms with E-state index >= 15 is 0 Å². The normalized spacial score (nSPS) is 16.7. The van der Waals surface area contributed by atoms with Crippen molar-refractivity contribution in [3.63, 3.8) is 0 Å². The smallest absolute Gasteiger partial charge is 0.242 e. The maximum atomic E-state index is 11.9. The molecular weight excluding hydrogens is 490 g/mol. The van der Waals surface area contributed by atoms with Gasteiger partial charge in [-0.25, -0.2) is 18.4 Å². The quantitative estimate of drug-likeness (QED) is 0.416. The Labute approximate surface area is 212 Å². The van der Waals surface area contributed by atoms with Gasteiger partial charge in [-0.15, -0.1) is 0 Å². The van der Waals surface area contributed by atoms with Crippen LogP contribution < -0.4 is 9.47 Å². The van der Waals surface area contributed by atoms with E-state index in [-0.39, 0.29) is 26.6 Å². The average molecular weight is 522 g/mol. The van der Waals surface area contributed by atoms with Crippen LogP contribution in [-0.4, -0.2) is 98.5 Å². The van der Waals surface area contributed by atoms with Gasteiger partial charge in [-0.05, 0) is 32.3 Å². The Kier molecular flexibility index (Phi) is 9.25. The highest BCUT2D eigenvalue weighted by atomic mass is 32.2. The molecule has 0 saturated carbocycles. The van der Waals surface area contributed by atoms with Crippen molar-refractivity contribution in [1.82, 2.24) is 24.2 Å². The summed E-state index contributed by atoms with van der Waals surface area (Å²) in [7, 11) is 0.707. The number of sulfonamides is 1. The molecule has 1 fully saturated rings. The Hall–Kier alpha value is -2.51. The van der Waals surface area contributed by atoms with Gasteiger partial charge in [0.15, 0.2) is 5.52 Å². The van der Waals surface area contributed by atoms with E-state index in [0.717, 1.165) is 17.9 Å². The molecule has 35 heavy (non-hydrogen) atoms. The molecule has 0 unspecified atom stereocenters. The minimum atomic E-state index is -3.29. The summed E-state index contributed by atoms with van der Waals surface area (Å²) in [6, 6.07) is 9.56. The predicted molar refractivity (Wildman–Crippen MR) is 139 cm³/mol. The van der Waals surface area contributed by atoms with E-state index in [2.05, 4.69) is 14.9 Å². The summed E-state index contributed by atoms with van der Waals surface area (Å²) >= 11 is 0. The van der Waals surface area contributed by atoms with Gasteiger partial charge in [0.1, 0.15) is 25.1 Å². The summed E-state index contributed by atoms with van der Waals surface area (Å²) in [5.41, 5.74) is 2.70. The molecule has 0 aliphatic carbocycles. The molecule has 1 aromatic carbocycles. The van der Waals surface area contributed by atoms with Crippen molar-refractivity contribution in [2.75, 3.05) is 59.8 Å². The van der Waals surface area contributed by atoms with Gasteiger partial charge < -0.3 is 19.1 Å². The Balaban J connectivity index is 0.00000342. The maximum absolute atomic E-state index is 11.9. The molecule has 0 spiro atoms. The van der Waals surface area contributed by atoms with Gasteiger partial charge in [-0.3, -0.25) is 4.98 Å². The lowest BCUT2D eigenvalue weighted by atomic mass is 10.1. The second kappa shape index (κ2) is 12.0. The lowest BCUT2D eigenvalue weighted by Gasteiger charge is -2.30. The highest BCUT2D eigenvalue weighted by Gasteiger charge is 2.27. The SMILES string of the molecule is CN(C)CCOc1cccc(-c2cc3nccnc3c(OC[C@@H]3CN(S(C)(=O)=O)CCO3)n2)c1.S. The van der Waals surface area contributed by atoms with Crippen molar-refractivity contribution >= 4 is 34.6 Å². The monoisotopic (exact) mass is 521 g/mol. The van der Waals surface area contributed by atoms with Crippen LogP contribution in [-0.2, 0) is 14.8 Å². The zero-order chi connectivity index (χ0) is 24.1. The second-order valence-electron chi connectivity index (χ2n) is 8.34. The van der Waals surface area contributed by atoms with Gasteiger partial charge in [0, 0.05) is 37.6 Å². The third kappa shape index (κ3) is 7.24. The molecule has 1 atom stereocenters. The van der Waals surface area contributed by atoms with E-state index < -0.39 is 16.1 Å². The summed E-state index contributed by atoms with van der Waals surface area (Å²) in [6.07, 6.45) is 3.99. The van der Waals surface area contributed by atoms with Crippen molar-refractivity contribution in [3.8, 4) is 22.9 Å². The van der Waals surface area contributed by atoms with Crippen LogP contribution in [0.15, 0.2) is 42.7 Å². The fourth-order valence-electron chi connectivity index (χ4n) is 3.55. The Morgan fingerprint density at radius 1 is 1.17 bits per heavy atom. The molecule has 3 aromatic rings. The van der Waals surface area contributed by atoms with E-state index in [9.17, 15) is 8.42 Å². The van der Waals surface area contributed by atoms with E-state index in [1.807, 2.05) is 44.4 Å². The fraction of sp³-hybridized carbons (Fsp3) is 0.435. The lowest BCUT2D eigenvalue weighted by Crippen LogP contribution is -2.47. The number of ether oxygens (including phenoxy) is 3. The molecule has 10 nitrogen and oxygen atoms in total. The summed E-state index contributed by atoms with van der Waals surface area (Å²) in [5.74, 6) is 1.07. The first-order chi connectivity index (χ1) is 16.3. The Bertz CT molecular complexity index is 1240. The van der Waals surface area contributed by atoms with Gasteiger partial charge in [0.25, 0.3) is 0 Å². The van der Waals surface area contributed by atoms with Crippen LogP contribution in [0.2, 0.25) is 0 Å². The molecule has 2 aromatic heterocycles. The van der Waals surface area contributed by atoms with Gasteiger partial charge >= 0.3 is 0 Å². The van der Waals surface area contributed by atoms with Crippen molar-refractivity contribution in [3.05, 3.63) is 42.7 Å². The van der Waals surface area contributed by atoms with Crippen LogP contribution in [0.4, 0.5) is 0 Å². The minimum Gasteiger partial charge on any atom is -0.492 e. The minimum absolute atomic E-state index is 0. The van der Waals surface area contributed by atoms with Crippen molar-refractivity contribution in [2.45, 2.75) is 6.10 Å². The Morgan fingerprint density at radius 2 is 1.97 bits per heavy atom. The third-order valence-corrected chi connectivity index (χ3v) is 6.61. The first-order valence-corrected chi connectivity index (χ1v) is 12.8. The van der Waals surface area contributed by atoms with Crippen LogP contribution >= 0.6 is 13.5 Å². The number of benzene rings is 1. The molecule has 190 valence electrons. The summed E-state index contributed by atoms with van der Waals surface area (Å²) in [5, 5.41) is 0. The van der Waals surface area contributed by atoms with Gasteiger partial charge in [-0.1, -0.05) is 12.1 Å². The van der Waals surface area contributed by atoms with Crippen LogP contribution in [0.25, 0.3) is 22.3 Å². The summed E-state index contributed by atoms with van der Waals surface area (Å²) in [6.45, 7) is 2.41. The number of likely N-dealkylation sites (N-methyl/N-ethyl adjacent to an activating group) is 1. The zero-order valence-electron chi connectivity index (χ0n) is 20.0. The van der Waals surface area contributed by atoms with E-state index in [4.69, 9.17) is 19.2 Å². The third-order valence-electron chi connectivity index (χ3n) is 5.34. The van der Waals surface area contributed by atoms with Crippen LogP contribution in [0.1, 0.15) is 0 Å². The zero-order valence-corrected chi connectivity index (χ0v) is 21.9. The second-order valence-corrected chi connectivity index (χ2v) is 10.3. The molecule has 0 N–H and O–H groups in total. The molecule has 0 radical (unpaired) electrons. The largest absolute Gasteiger partial charge is 0.492 e. The number of rotatable bonds is 9. The topological polar surface area (TPSA) is 107 Å². The standard InChI is InChI=1S/C23H29N5O5S.H2S/c1-27(2)9-11-31-18-6-4-5-17(13-18)20-14-21-22(25-8-7-24-21)23(26-20)33-16-19-15-28(10-12-32-19)34(3,29)30;/h4-8,13-14,19H,9-12,15-16H2,1-3H3;1H2/t19-;/m0./s1. The first-order valence-electron chi connectivity index (χ1n) is 11.0. The molecular formula is C23H31N5O5S2. The molecule has 1 aliphatic rings. The fourth-order valence-corrected chi connectivity index (χ4v) is 4.39. The van der Waals surface area contributed by atoms with Crippen LogP contribution in [0, 0.1) is 0 Å². The van der Waals surface area contributed by atoms with Crippen molar-refractivity contribution in [1.29, 1.82) is 0 Å². The number of hydrogen-bond donors (Lipinski definition) is 0. The number of nitrogens with zero attached hydrogens (tertiary/aromatic N) is 5. The van der Waals surface area contributed by atoms with E-state index in [1.165, 1.54) is 10.6 Å². The van der Waals surface area contributed by atoms with Crippen molar-refractivity contribution < 1.29 is 22.6 Å². The number of pyridine rings is 1. The van der Waals surface area contributed by atoms with Crippen molar-refractivity contribution in [2.24, 2.45) is 0 Å². The average Bonchev–Trinajstić information content (AvgIpc) is 2.82. The highest BCUT2D eigenvalue weighted by Crippen LogP contribution is 2.29. The predicted octanol–water partition coefficient (Wildman–Crippen LogP) is 1.78. The molecule has 3 heterocycles. The van der Waals surface area contributed by atoms with E-state index in [0.29, 0.717) is 42.4 Å². The molecule has 0 amide bonds. The molecule has 1 aliphatic heterocycles. The molecule has 12 heteroatoms. The van der Waals surface area contributed by atoms with E-state index in [1.54, 1.807) is 12.4 Å². The van der Waals surface area contributed by atoms with Gasteiger partial charge in [0.2, 0.25) is 15.9 Å². The first kappa shape index (κ1) is 27.1. The van der Waals surface area contributed by atoms with Crippen LogP contribution in [0.5, 0.6) is 11.6 Å². The maximum Gasteiger partial charge on any atom is 0.242 e. The number of hydrogen-bond acceptors (Lipinski definition) is 9. The summed E-state index contributed by atoms with van der Waals surface area (Å²) in [4.78, 5) is 15.6. The highest BCUT2D eigenvalue weighted by molar-refractivity contribution is 7.88. The number of morpholine rings is 1.